The molecule has 4 nitrogen and oxygen atoms in total. The number of hydrogen-bond acceptors (Lipinski definition) is 4. The van der Waals surface area contributed by atoms with Crippen molar-refractivity contribution in [1.29, 1.82) is 0 Å². The Morgan fingerprint density at radius 2 is 2.00 bits per heavy atom. The van der Waals surface area contributed by atoms with Crippen molar-refractivity contribution < 1.29 is 30.5 Å². The van der Waals surface area contributed by atoms with Crippen LogP contribution in [0.3, 0.4) is 0 Å². The fraction of sp³-hybridized carbons (Fsp3) is 1.00. The monoisotopic (exact) mass is 220 g/mol. The first-order chi connectivity index (χ1) is 5.66. The van der Waals surface area contributed by atoms with Crippen molar-refractivity contribution in [2.24, 2.45) is 0 Å². The molecule has 1 saturated heterocycles. The zero-order valence-electron chi connectivity index (χ0n) is 6.59. The van der Waals surface area contributed by atoms with Crippen LogP contribution in [-0.4, -0.2) is 32.7 Å². The number of alkyl halides is 3. The first-order valence-corrected chi connectivity index (χ1v) is 4.67. The van der Waals surface area contributed by atoms with Crippen LogP contribution in [0.15, 0.2) is 0 Å². The molecule has 1 atom stereocenters. The van der Waals surface area contributed by atoms with Crippen LogP contribution in [0.1, 0.15) is 6.92 Å². The van der Waals surface area contributed by atoms with Crippen molar-refractivity contribution in [1.82, 2.24) is 0 Å². The summed E-state index contributed by atoms with van der Waals surface area (Å²) in [5.41, 5.74) is -6.24. The van der Waals surface area contributed by atoms with Gasteiger partial charge >= 0.3 is 15.6 Å². The molecule has 13 heavy (non-hydrogen) atoms. The predicted octanol–water partition coefficient (Wildman–Crippen LogP) is 0.642. The average Bonchev–Trinajstić information content (AvgIpc) is 2.63. The van der Waals surface area contributed by atoms with Crippen LogP contribution in [0, 0.1) is 0 Å². The van der Waals surface area contributed by atoms with Crippen LogP contribution < -0.4 is 0 Å². The summed E-state index contributed by atoms with van der Waals surface area (Å²) in [7, 11) is -5.47. The predicted molar refractivity (Wildman–Crippen MR) is 35.3 cm³/mol. The van der Waals surface area contributed by atoms with Gasteiger partial charge in [-0.05, 0) is 6.92 Å². The summed E-state index contributed by atoms with van der Waals surface area (Å²) >= 11 is 0. The Hall–Kier alpha value is -0.340. The zero-order chi connectivity index (χ0) is 10.3. The van der Waals surface area contributed by atoms with Gasteiger partial charge in [0.05, 0.1) is 13.2 Å². The van der Waals surface area contributed by atoms with E-state index < -0.39 is 27.8 Å². The van der Waals surface area contributed by atoms with Gasteiger partial charge in [0, 0.05) is 0 Å². The molecule has 1 aliphatic rings. The van der Waals surface area contributed by atoms with Crippen LogP contribution >= 0.6 is 0 Å². The van der Waals surface area contributed by atoms with E-state index in [0.29, 0.717) is 0 Å². The number of ether oxygens (including phenoxy) is 1. The highest BCUT2D eigenvalue weighted by Crippen LogP contribution is 2.30. The number of halogens is 3. The molecule has 1 heterocycles. The van der Waals surface area contributed by atoms with Crippen LogP contribution in [0.2, 0.25) is 0 Å². The number of rotatable bonds is 3. The lowest BCUT2D eigenvalue weighted by molar-refractivity contribution is -0.0552. The highest BCUT2D eigenvalue weighted by atomic mass is 32.2. The summed E-state index contributed by atoms with van der Waals surface area (Å²) in [6.45, 7) is 1.06. The Balaban J connectivity index is 2.53. The van der Waals surface area contributed by atoms with Gasteiger partial charge in [-0.25, -0.2) is 0 Å². The van der Waals surface area contributed by atoms with E-state index in [0.717, 1.165) is 0 Å². The maximum Gasteiger partial charge on any atom is 0.523 e. The highest BCUT2D eigenvalue weighted by Gasteiger charge is 2.50. The molecule has 0 saturated carbocycles. The molecule has 0 aromatic heterocycles. The summed E-state index contributed by atoms with van der Waals surface area (Å²) in [6.07, 6.45) is 0. The van der Waals surface area contributed by atoms with Gasteiger partial charge in [0.1, 0.15) is 5.60 Å². The van der Waals surface area contributed by atoms with Crippen molar-refractivity contribution >= 4 is 10.1 Å². The Morgan fingerprint density at radius 1 is 1.54 bits per heavy atom. The molecule has 78 valence electrons. The van der Waals surface area contributed by atoms with E-state index in [1.807, 2.05) is 0 Å². The molecule has 0 spiro atoms. The second kappa shape index (κ2) is 2.82. The van der Waals surface area contributed by atoms with Crippen LogP contribution in [0.5, 0.6) is 0 Å². The third-order valence-corrected chi connectivity index (χ3v) is 2.44. The smallest absolute Gasteiger partial charge is 0.367 e. The Kier molecular flexibility index (Phi) is 2.33. The van der Waals surface area contributed by atoms with Gasteiger partial charge < -0.3 is 4.74 Å². The zero-order valence-corrected chi connectivity index (χ0v) is 7.41. The Morgan fingerprint density at radius 3 is 2.31 bits per heavy atom. The quantitative estimate of drug-likeness (QED) is 0.398. The first-order valence-electron chi connectivity index (χ1n) is 3.26. The van der Waals surface area contributed by atoms with Gasteiger partial charge in [0.15, 0.2) is 0 Å². The molecule has 0 amide bonds. The molecule has 0 unspecified atom stereocenters. The van der Waals surface area contributed by atoms with Crippen molar-refractivity contribution in [2.45, 2.75) is 18.0 Å². The summed E-state index contributed by atoms with van der Waals surface area (Å²) in [5.74, 6) is 0. The third-order valence-electron chi connectivity index (χ3n) is 1.44. The minimum Gasteiger partial charge on any atom is -0.367 e. The molecule has 0 aliphatic carbocycles. The lowest BCUT2D eigenvalue weighted by Gasteiger charge is -2.09. The second-order valence-corrected chi connectivity index (χ2v) is 4.51. The van der Waals surface area contributed by atoms with E-state index in [1.54, 1.807) is 0 Å². The molecule has 0 aromatic carbocycles. The van der Waals surface area contributed by atoms with E-state index in [9.17, 15) is 21.6 Å². The number of hydrogen-bond donors (Lipinski definition) is 0. The van der Waals surface area contributed by atoms with Gasteiger partial charge in [0.2, 0.25) is 0 Å². The van der Waals surface area contributed by atoms with E-state index in [2.05, 4.69) is 8.92 Å². The van der Waals surface area contributed by atoms with E-state index in [-0.39, 0.29) is 6.61 Å². The van der Waals surface area contributed by atoms with Crippen molar-refractivity contribution in [2.75, 3.05) is 13.2 Å². The SMILES string of the molecule is C[C@@]1(COS(=O)(=O)C(F)(F)F)CO1. The fourth-order valence-electron chi connectivity index (χ4n) is 0.476. The molecule has 8 heteroatoms. The normalized spacial score (nSPS) is 28.9. The molecule has 0 aromatic rings. The fourth-order valence-corrected chi connectivity index (χ4v) is 1.01. The highest BCUT2D eigenvalue weighted by molar-refractivity contribution is 7.87. The van der Waals surface area contributed by atoms with Gasteiger partial charge in [-0.1, -0.05) is 0 Å². The lowest BCUT2D eigenvalue weighted by atomic mass is 10.2. The summed E-state index contributed by atoms with van der Waals surface area (Å²) in [4.78, 5) is 0. The van der Waals surface area contributed by atoms with E-state index in [1.165, 1.54) is 6.92 Å². The first kappa shape index (κ1) is 10.7. The molecule has 0 radical (unpaired) electrons. The van der Waals surface area contributed by atoms with Crippen LogP contribution in [0.25, 0.3) is 0 Å². The molecule has 1 fully saturated rings. The second-order valence-electron chi connectivity index (χ2n) is 2.90. The molecule has 1 aliphatic heterocycles. The van der Waals surface area contributed by atoms with Crippen LogP contribution in [-0.2, 0) is 19.0 Å². The maximum atomic E-state index is 11.7. The Bertz CT molecular complexity index is 289. The van der Waals surface area contributed by atoms with Gasteiger partial charge in [-0.3, -0.25) is 4.18 Å². The average molecular weight is 220 g/mol. The molecular formula is C5H7F3O4S. The lowest BCUT2D eigenvalue weighted by Crippen LogP contribution is -2.29. The third kappa shape index (κ3) is 2.55. The molecule has 0 bridgehead atoms. The molecule has 1 rings (SSSR count). The van der Waals surface area contributed by atoms with Gasteiger partial charge in [0.25, 0.3) is 0 Å². The standard InChI is InChI=1S/C5H7F3O4S/c1-4(2-11-4)3-12-13(9,10)5(6,7)8/h2-3H2,1H3/t4-/m0/s1. The van der Waals surface area contributed by atoms with Gasteiger partial charge in [-0.15, -0.1) is 0 Å². The summed E-state index contributed by atoms with van der Waals surface area (Å²) in [6, 6.07) is 0. The molecule has 0 N–H and O–H groups in total. The molecular weight excluding hydrogens is 213 g/mol. The summed E-state index contributed by atoms with van der Waals surface area (Å²) in [5, 5.41) is 0. The minimum absolute atomic E-state index is 0.209. The van der Waals surface area contributed by atoms with Crippen molar-refractivity contribution in [3.8, 4) is 0 Å². The summed E-state index contributed by atoms with van der Waals surface area (Å²) < 4.78 is 64.1. The Labute approximate surface area is 72.8 Å². The topological polar surface area (TPSA) is 55.9 Å². The van der Waals surface area contributed by atoms with Gasteiger partial charge in [-0.2, -0.15) is 21.6 Å². The van der Waals surface area contributed by atoms with E-state index >= 15 is 0 Å². The van der Waals surface area contributed by atoms with Crippen LogP contribution in [0.4, 0.5) is 13.2 Å². The largest absolute Gasteiger partial charge is 0.523 e. The van der Waals surface area contributed by atoms with Crippen molar-refractivity contribution in [3.05, 3.63) is 0 Å². The minimum atomic E-state index is -5.47. The van der Waals surface area contributed by atoms with E-state index in [4.69, 9.17) is 0 Å². The maximum absolute atomic E-state index is 11.7. The van der Waals surface area contributed by atoms with Crippen molar-refractivity contribution in [3.63, 3.8) is 0 Å². The number of epoxide rings is 1.